The second-order valence-electron chi connectivity index (χ2n) is 14.9. The van der Waals surface area contributed by atoms with E-state index in [-0.39, 0.29) is 11.1 Å². The first-order valence-electron chi connectivity index (χ1n) is 17.5. The van der Waals surface area contributed by atoms with E-state index in [2.05, 4.69) is 90.8 Å². The highest BCUT2D eigenvalue weighted by molar-refractivity contribution is 6.30. The van der Waals surface area contributed by atoms with E-state index in [0.29, 0.717) is 11.7 Å². The molecule has 49 heavy (non-hydrogen) atoms. The third-order valence-electron chi connectivity index (χ3n) is 11.1. The van der Waals surface area contributed by atoms with Crippen LogP contribution in [0.1, 0.15) is 60.3 Å². The van der Waals surface area contributed by atoms with Gasteiger partial charge in [0.2, 0.25) is 0 Å². The fourth-order valence-electron chi connectivity index (χ4n) is 8.60. The van der Waals surface area contributed by atoms with Crippen molar-refractivity contribution in [3.05, 3.63) is 107 Å². The average molecular weight is 673 g/mol. The number of benzene rings is 2. The van der Waals surface area contributed by atoms with Crippen LogP contribution < -0.4 is 10.6 Å². The van der Waals surface area contributed by atoms with E-state index in [1.807, 2.05) is 12.4 Å². The summed E-state index contributed by atoms with van der Waals surface area (Å²) in [5.41, 5.74) is 14.0. The Labute approximate surface area is 294 Å². The van der Waals surface area contributed by atoms with E-state index >= 15 is 0 Å². The molecule has 2 N–H and O–H groups in total. The second-order valence-corrected chi connectivity index (χ2v) is 15.3. The van der Waals surface area contributed by atoms with Crippen LogP contribution >= 0.6 is 11.6 Å². The molecule has 4 aliphatic rings. The molecule has 6 heterocycles. The minimum Gasteiger partial charge on any atom is -0.381 e. The molecule has 2 aromatic carbocycles. The Morgan fingerprint density at radius 1 is 0.694 bits per heavy atom. The fraction of sp³-hybridized carbons (Fsp3) is 0.400. The van der Waals surface area contributed by atoms with E-state index < -0.39 is 0 Å². The minimum atomic E-state index is 0.165. The number of allylic oxidation sites excluding steroid dienone is 2. The lowest BCUT2D eigenvalue weighted by Gasteiger charge is -2.53. The highest BCUT2D eigenvalue weighted by Gasteiger charge is 2.46. The van der Waals surface area contributed by atoms with Gasteiger partial charge in [-0.2, -0.15) is 0 Å². The molecule has 0 atom stereocenters. The molecule has 0 radical (unpaired) electrons. The van der Waals surface area contributed by atoms with Crippen LogP contribution in [0.3, 0.4) is 0 Å². The molecule has 0 amide bonds. The normalized spacial score (nSPS) is 19.8. The molecule has 0 unspecified atom stereocenters. The number of nitrogens with one attached hydrogen (secondary N) is 2. The van der Waals surface area contributed by atoms with Crippen molar-refractivity contribution in [2.45, 2.75) is 77.0 Å². The van der Waals surface area contributed by atoms with Gasteiger partial charge in [0, 0.05) is 61.8 Å². The quantitative estimate of drug-likeness (QED) is 0.215. The first kappa shape index (κ1) is 32.1. The first-order chi connectivity index (χ1) is 23.6. The molecule has 4 fully saturated rings. The number of nitrogens with zero attached hydrogens (tertiary/aromatic N) is 6. The predicted octanol–water partition coefficient (Wildman–Crippen LogP) is 7.14. The molecule has 9 heteroatoms. The maximum absolute atomic E-state index is 6.77. The van der Waals surface area contributed by atoms with Crippen molar-refractivity contribution in [3.63, 3.8) is 0 Å². The smallest absolute Gasteiger partial charge is 0.152 e. The molecular weight excluding hydrogens is 628 g/mol. The van der Waals surface area contributed by atoms with Gasteiger partial charge in [0.05, 0.1) is 51.9 Å². The van der Waals surface area contributed by atoms with Crippen LogP contribution in [0.25, 0.3) is 33.6 Å². The fourth-order valence-corrected chi connectivity index (χ4v) is 8.80. The third kappa shape index (κ3) is 6.04. The van der Waals surface area contributed by atoms with Crippen LogP contribution in [-0.4, -0.2) is 67.0 Å². The summed E-state index contributed by atoms with van der Waals surface area (Å²) in [5.74, 6) is 0. The van der Waals surface area contributed by atoms with Gasteiger partial charge >= 0.3 is 0 Å². The Hall–Kier alpha value is -4.11. The summed E-state index contributed by atoms with van der Waals surface area (Å²) < 4.78 is 0. The van der Waals surface area contributed by atoms with Gasteiger partial charge in [0.1, 0.15) is 0 Å². The largest absolute Gasteiger partial charge is 0.381 e. The van der Waals surface area contributed by atoms with Crippen molar-refractivity contribution >= 4 is 11.6 Å². The number of aryl methyl sites for hydroxylation is 1. The van der Waals surface area contributed by atoms with Gasteiger partial charge in [-0.25, -0.2) is 9.97 Å². The standard InChI is InChI=1S/C40H45ClN8/c1-25-9-8-15-39(46-25)21-49(22-39)20-37-38(41)45-35(18-43-37)33-13-7-11-31(28(33)4)30-10-6-12-32(27(30)3)34-17-42-36(29(5)44-34)19-48-23-40(24-48)16-14-26(2)47-40/h6-7,10-13,17-18,46-47H,1-2,8-9,14-16,19-24H2,3-5H3. The van der Waals surface area contributed by atoms with Crippen LogP contribution in [-0.2, 0) is 13.1 Å². The SMILES string of the molecule is C=C1CCC2(CN(Cc3ncc(-c4cccc(-c5cccc(-c6cnc(CN7CC8(CCCC(=C)N8)C7)c(Cl)n6)c5C)c4C)nc3C)C2)N1. The van der Waals surface area contributed by atoms with Gasteiger partial charge in [0.15, 0.2) is 5.15 Å². The number of aromatic nitrogens is 4. The second kappa shape index (κ2) is 12.3. The third-order valence-corrected chi connectivity index (χ3v) is 11.4. The van der Waals surface area contributed by atoms with Gasteiger partial charge in [0.25, 0.3) is 0 Å². The van der Waals surface area contributed by atoms with Crippen LogP contribution in [0.15, 0.2) is 73.3 Å². The van der Waals surface area contributed by atoms with E-state index in [1.54, 1.807) is 0 Å². The summed E-state index contributed by atoms with van der Waals surface area (Å²) in [7, 11) is 0. The van der Waals surface area contributed by atoms with Crippen LogP contribution in [0.2, 0.25) is 5.15 Å². The van der Waals surface area contributed by atoms with Gasteiger partial charge in [-0.1, -0.05) is 61.2 Å². The molecule has 252 valence electrons. The number of halogens is 1. The molecular formula is C40H45ClN8. The molecule has 8 nitrogen and oxygen atoms in total. The minimum absolute atomic E-state index is 0.165. The zero-order chi connectivity index (χ0) is 33.9. The molecule has 4 aliphatic heterocycles. The van der Waals surface area contributed by atoms with Crippen molar-refractivity contribution in [1.29, 1.82) is 0 Å². The molecule has 2 aromatic heterocycles. The molecule has 0 bridgehead atoms. The molecule has 4 aromatic rings. The molecule has 8 rings (SSSR count). The summed E-state index contributed by atoms with van der Waals surface area (Å²) >= 11 is 6.77. The molecule has 4 saturated heterocycles. The van der Waals surface area contributed by atoms with Gasteiger partial charge in [-0.15, -0.1) is 0 Å². The van der Waals surface area contributed by atoms with Crippen LogP contribution in [0, 0.1) is 20.8 Å². The van der Waals surface area contributed by atoms with Gasteiger partial charge in [-0.3, -0.25) is 19.8 Å². The maximum Gasteiger partial charge on any atom is 0.152 e. The number of rotatable bonds is 7. The first-order valence-corrected chi connectivity index (χ1v) is 17.9. The van der Waals surface area contributed by atoms with Crippen molar-refractivity contribution in [3.8, 4) is 33.6 Å². The summed E-state index contributed by atoms with van der Waals surface area (Å²) in [4.78, 5) is 24.4. The number of hydrogen-bond acceptors (Lipinski definition) is 8. The zero-order valence-corrected chi connectivity index (χ0v) is 29.6. The number of hydrogen-bond donors (Lipinski definition) is 2. The van der Waals surface area contributed by atoms with Crippen LogP contribution in [0.5, 0.6) is 0 Å². The predicted molar refractivity (Wildman–Crippen MR) is 197 cm³/mol. The highest BCUT2D eigenvalue weighted by atomic mass is 35.5. The van der Waals surface area contributed by atoms with E-state index in [4.69, 9.17) is 31.5 Å². The summed E-state index contributed by atoms with van der Waals surface area (Å²) in [6, 6.07) is 12.8. The lowest BCUT2D eigenvalue weighted by Crippen LogP contribution is -2.69. The molecule has 2 spiro atoms. The number of piperidine rings is 1. The van der Waals surface area contributed by atoms with Gasteiger partial charge in [-0.05, 0) is 75.1 Å². The van der Waals surface area contributed by atoms with Crippen LogP contribution in [0.4, 0.5) is 0 Å². The Morgan fingerprint density at radius 2 is 1.20 bits per heavy atom. The highest BCUT2D eigenvalue weighted by Crippen LogP contribution is 2.38. The summed E-state index contributed by atoms with van der Waals surface area (Å²) in [6.07, 6.45) is 9.52. The van der Waals surface area contributed by atoms with Crippen molar-refractivity contribution < 1.29 is 0 Å². The Morgan fingerprint density at radius 3 is 1.76 bits per heavy atom. The van der Waals surface area contributed by atoms with Crippen molar-refractivity contribution in [2.24, 2.45) is 0 Å². The zero-order valence-electron chi connectivity index (χ0n) is 28.9. The maximum atomic E-state index is 6.77. The topological polar surface area (TPSA) is 82.1 Å². The monoisotopic (exact) mass is 672 g/mol. The summed E-state index contributed by atoms with van der Waals surface area (Å²) in [5, 5.41) is 7.71. The Kier molecular flexibility index (Phi) is 8.09. The Balaban J connectivity index is 0.983. The van der Waals surface area contributed by atoms with Crippen molar-refractivity contribution in [2.75, 3.05) is 26.2 Å². The summed E-state index contributed by atoms with van der Waals surface area (Å²) in [6.45, 7) is 20.2. The van der Waals surface area contributed by atoms with E-state index in [1.165, 1.54) is 36.1 Å². The van der Waals surface area contributed by atoms with E-state index in [0.717, 1.165) is 102 Å². The lowest BCUT2D eigenvalue weighted by atomic mass is 9.81. The number of likely N-dealkylation sites (tertiary alicyclic amines) is 2. The molecule has 0 aliphatic carbocycles. The lowest BCUT2D eigenvalue weighted by molar-refractivity contribution is 0.0246. The van der Waals surface area contributed by atoms with Gasteiger partial charge < -0.3 is 10.6 Å². The van der Waals surface area contributed by atoms with Crippen molar-refractivity contribution in [1.82, 2.24) is 40.4 Å². The Bertz CT molecular complexity index is 1970. The average Bonchev–Trinajstić information content (AvgIpc) is 3.44. The molecule has 0 saturated carbocycles. The van der Waals surface area contributed by atoms with E-state index in [9.17, 15) is 0 Å².